The Morgan fingerprint density at radius 2 is 2.06 bits per heavy atom. The van der Waals surface area contributed by atoms with Gasteiger partial charge in [-0.3, -0.25) is 0 Å². The quantitative estimate of drug-likeness (QED) is 0.771. The van der Waals surface area contributed by atoms with Crippen molar-refractivity contribution in [2.24, 2.45) is 0 Å². The fourth-order valence-corrected chi connectivity index (χ4v) is 1.84. The van der Waals surface area contributed by atoms with Crippen LogP contribution in [0.3, 0.4) is 0 Å². The minimum Gasteiger partial charge on any atom is -0.497 e. The minimum atomic E-state index is -3.29. The van der Waals surface area contributed by atoms with Crippen molar-refractivity contribution in [3.63, 3.8) is 0 Å². The van der Waals surface area contributed by atoms with Crippen LogP contribution in [0.25, 0.3) is 0 Å². The van der Waals surface area contributed by atoms with Gasteiger partial charge in [0.2, 0.25) is 0 Å². The third-order valence-corrected chi connectivity index (χ3v) is 3.03. The van der Waals surface area contributed by atoms with Crippen LogP contribution in [-0.2, 0) is 14.6 Å². The smallest absolute Gasteiger partial charge is 0.175 e. The van der Waals surface area contributed by atoms with Gasteiger partial charge < -0.3 is 14.8 Å². The molecule has 5 nitrogen and oxygen atoms in total. The van der Waals surface area contributed by atoms with Gasteiger partial charge in [0.1, 0.15) is 12.0 Å². The first kappa shape index (κ1) is 12.5. The normalized spacial score (nSPS) is 10.9. The number of anilines is 1. The average Bonchev–Trinajstić information content (AvgIpc) is 2.24. The second kappa shape index (κ2) is 4.98. The second-order valence-corrected chi connectivity index (χ2v) is 5.23. The van der Waals surface area contributed by atoms with Crippen LogP contribution < -0.4 is 10.1 Å². The minimum absolute atomic E-state index is 0.121. The molecule has 0 heterocycles. The van der Waals surface area contributed by atoms with Gasteiger partial charge in [0, 0.05) is 18.0 Å². The molecule has 0 amide bonds. The molecular weight excluding hydrogens is 230 g/mol. The third kappa shape index (κ3) is 3.23. The molecular formula is C10H13NO4S. The van der Waals surface area contributed by atoms with Gasteiger partial charge in [0.05, 0.1) is 18.6 Å². The highest BCUT2D eigenvalue weighted by atomic mass is 32.2. The molecule has 0 atom stereocenters. The van der Waals surface area contributed by atoms with E-state index in [1.165, 1.54) is 19.2 Å². The Morgan fingerprint density at radius 3 is 2.56 bits per heavy atom. The zero-order valence-corrected chi connectivity index (χ0v) is 9.87. The number of rotatable bonds is 5. The van der Waals surface area contributed by atoms with E-state index in [9.17, 15) is 13.2 Å². The summed E-state index contributed by atoms with van der Waals surface area (Å²) >= 11 is 0. The molecule has 0 bridgehead atoms. The van der Waals surface area contributed by atoms with Crippen molar-refractivity contribution in [2.75, 3.05) is 25.2 Å². The molecule has 0 radical (unpaired) electrons. The van der Waals surface area contributed by atoms with Gasteiger partial charge in [0.25, 0.3) is 0 Å². The van der Waals surface area contributed by atoms with Gasteiger partial charge >= 0.3 is 0 Å². The van der Waals surface area contributed by atoms with Gasteiger partial charge in [-0.2, -0.15) is 0 Å². The Balaban J connectivity index is 3.16. The van der Waals surface area contributed by atoms with Crippen LogP contribution in [0.2, 0.25) is 0 Å². The number of carbonyl (C=O) groups is 1. The van der Waals surface area contributed by atoms with Crippen molar-refractivity contribution in [2.45, 2.75) is 4.90 Å². The topological polar surface area (TPSA) is 72.5 Å². The zero-order chi connectivity index (χ0) is 12.2. The first-order valence-electron chi connectivity index (χ1n) is 4.54. The number of carbonyl (C=O) groups excluding carboxylic acids is 1. The molecule has 0 aliphatic rings. The van der Waals surface area contributed by atoms with Crippen LogP contribution in [0.15, 0.2) is 23.1 Å². The van der Waals surface area contributed by atoms with Gasteiger partial charge in [-0.25, -0.2) is 8.42 Å². The fraction of sp³-hybridized carbons (Fsp3) is 0.300. The second-order valence-electron chi connectivity index (χ2n) is 3.22. The van der Waals surface area contributed by atoms with Gasteiger partial charge in [-0.1, -0.05) is 0 Å². The Labute approximate surface area is 94.3 Å². The van der Waals surface area contributed by atoms with Crippen LogP contribution in [0.1, 0.15) is 0 Å². The Hall–Kier alpha value is -1.56. The maximum atomic E-state index is 11.4. The van der Waals surface area contributed by atoms with Crippen molar-refractivity contribution < 1.29 is 17.9 Å². The van der Waals surface area contributed by atoms with E-state index in [1.54, 1.807) is 6.07 Å². The molecule has 1 aromatic rings. The number of sulfone groups is 1. The highest BCUT2D eigenvalue weighted by molar-refractivity contribution is 7.90. The molecule has 0 aliphatic heterocycles. The third-order valence-electron chi connectivity index (χ3n) is 1.93. The number of methoxy groups -OCH3 is 1. The molecule has 0 aromatic heterocycles. The summed E-state index contributed by atoms with van der Waals surface area (Å²) in [6.45, 7) is 0.121. The van der Waals surface area contributed by atoms with E-state index in [0.717, 1.165) is 6.26 Å². The van der Waals surface area contributed by atoms with Gasteiger partial charge in [-0.05, 0) is 12.1 Å². The molecule has 0 spiro atoms. The summed E-state index contributed by atoms with van der Waals surface area (Å²) in [4.78, 5) is 10.4. The summed E-state index contributed by atoms with van der Waals surface area (Å²) in [5.74, 6) is 0.427. The monoisotopic (exact) mass is 243 g/mol. The Kier molecular flexibility index (Phi) is 3.89. The van der Waals surface area contributed by atoms with Crippen LogP contribution in [0.4, 0.5) is 5.69 Å². The first-order valence-corrected chi connectivity index (χ1v) is 6.43. The number of hydrogen-bond acceptors (Lipinski definition) is 5. The number of hydrogen-bond donors (Lipinski definition) is 1. The van der Waals surface area contributed by atoms with Crippen LogP contribution in [0, 0.1) is 0 Å². The summed E-state index contributed by atoms with van der Waals surface area (Å²) in [7, 11) is -1.84. The molecule has 1 rings (SSSR count). The van der Waals surface area contributed by atoms with E-state index >= 15 is 0 Å². The predicted octanol–water partition coefficient (Wildman–Crippen LogP) is 0.710. The van der Waals surface area contributed by atoms with Crippen LogP contribution in [0.5, 0.6) is 5.75 Å². The molecule has 0 unspecified atom stereocenters. The summed E-state index contributed by atoms with van der Waals surface area (Å²) < 4.78 is 27.7. The zero-order valence-electron chi connectivity index (χ0n) is 9.06. The van der Waals surface area contributed by atoms with Crippen molar-refractivity contribution in [3.8, 4) is 5.75 Å². The Morgan fingerprint density at radius 1 is 1.38 bits per heavy atom. The van der Waals surface area contributed by atoms with Crippen molar-refractivity contribution in [1.82, 2.24) is 0 Å². The van der Waals surface area contributed by atoms with Crippen LogP contribution in [-0.4, -0.2) is 34.6 Å². The standard InChI is InChI=1S/C10H13NO4S/c1-15-9-5-8(11-3-4-12)6-10(7-9)16(2,13)14/h4-7,11H,3H2,1-2H3. The molecule has 1 aromatic carbocycles. The lowest BCUT2D eigenvalue weighted by molar-refractivity contribution is -0.106. The molecule has 88 valence electrons. The van der Waals surface area contributed by atoms with E-state index in [-0.39, 0.29) is 11.4 Å². The number of ether oxygens (including phenoxy) is 1. The lowest BCUT2D eigenvalue weighted by atomic mass is 10.3. The van der Waals surface area contributed by atoms with E-state index in [2.05, 4.69) is 5.32 Å². The molecule has 6 heteroatoms. The summed E-state index contributed by atoms with van der Waals surface area (Å²) in [6.07, 6.45) is 1.81. The van der Waals surface area contributed by atoms with Crippen molar-refractivity contribution in [1.29, 1.82) is 0 Å². The molecule has 0 fully saturated rings. The lowest BCUT2D eigenvalue weighted by Crippen LogP contribution is -2.04. The molecule has 0 saturated carbocycles. The number of nitrogens with one attached hydrogen (secondary N) is 1. The average molecular weight is 243 g/mol. The highest BCUT2D eigenvalue weighted by Crippen LogP contribution is 2.23. The largest absolute Gasteiger partial charge is 0.497 e. The molecule has 1 N–H and O–H groups in total. The fourth-order valence-electron chi connectivity index (χ4n) is 1.17. The number of aldehydes is 1. The Bertz CT molecular complexity index is 482. The summed E-state index contributed by atoms with van der Waals surface area (Å²) in [6, 6.07) is 4.51. The van der Waals surface area contributed by atoms with E-state index in [4.69, 9.17) is 4.74 Å². The van der Waals surface area contributed by atoms with Gasteiger partial charge in [0.15, 0.2) is 9.84 Å². The van der Waals surface area contributed by atoms with E-state index in [1.807, 2.05) is 0 Å². The summed E-state index contributed by atoms with van der Waals surface area (Å²) in [5, 5.41) is 2.77. The predicted molar refractivity (Wildman–Crippen MR) is 60.7 cm³/mol. The van der Waals surface area contributed by atoms with E-state index < -0.39 is 9.84 Å². The number of benzene rings is 1. The van der Waals surface area contributed by atoms with Crippen LogP contribution >= 0.6 is 0 Å². The van der Waals surface area contributed by atoms with Crippen molar-refractivity contribution in [3.05, 3.63) is 18.2 Å². The summed E-state index contributed by atoms with van der Waals surface area (Å²) in [5.41, 5.74) is 0.534. The molecule has 16 heavy (non-hydrogen) atoms. The highest BCUT2D eigenvalue weighted by Gasteiger charge is 2.10. The molecule has 0 aliphatic carbocycles. The van der Waals surface area contributed by atoms with Crippen molar-refractivity contribution >= 4 is 21.8 Å². The first-order chi connectivity index (χ1) is 7.47. The van der Waals surface area contributed by atoms with E-state index in [0.29, 0.717) is 17.7 Å². The maximum absolute atomic E-state index is 11.4. The maximum Gasteiger partial charge on any atom is 0.175 e. The molecule has 0 saturated heterocycles. The lowest BCUT2D eigenvalue weighted by Gasteiger charge is -2.08. The SMILES string of the molecule is COc1cc(NCC=O)cc(S(C)(=O)=O)c1. The van der Waals surface area contributed by atoms with Gasteiger partial charge in [-0.15, -0.1) is 0 Å².